The number of alkyl halides is 3. The maximum absolute atomic E-state index is 15.7. The van der Waals surface area contributed by atoms with Crippen LogP contribution >= 0.6 is 0 Å². The number of hydrogen-bond acceptors (Lipinski definition) is 13. The van der Waals surface area contributed by atoms with Crippen LogP contribution in [0.15, 0.2) is 12.2 Å². The second-order valence-corrected chi connectivity index (χ2v) is 33.0. The second-order valence-electron chi connectivity index (χ2n) is 33.0. The minimum Gasteiger partial charge on any atom is -0.381 e. The van der Waals surface area contributed by atoms with Crippen LogP contribution in [0.5, 0.6) is 0 Å². The van der Waals surface area contributed by atoms with Crippen LogP contribution < -0.4 is 16.0 Å². The Morgan fingerprint density at radius 1 is 0.663 bits per heavy atom. The van der Waals surface area contributed by atoms with Crippen LogP contribution in [0.4, 0.5) is 13.2 Å². The van der Waals surface area contributed by atoms with Crippen molar-refractivity contribution in [3.63, 3.8) is 0 Å². The van der Waals surface area contributed by atoms with Crippen LogP contribution in [-0.2, 0) is 62.3 Å². The van der Waals surface area contributed by atoms with E-state index < -0.39 is 180 Å². The third-order valence-corrected chi connectivity index (χ3v) is 24.1. The second kappa shape index (κ2) is 36.1. The van der Waals surface area contributed by atoms with Gasteiger partial charge in [0.05, 0.1) is 31.5 Å². The molecule has 0 aromatic heterocycles. The summed E-state index contributed by atoms with van der Waals surface area (Å²) in [5.74, 6) is -10.4. The Hall–Kier alpha value is -6.87. The van der Waals surface area contributed by atoms with E-state index in [-0.39, 0.29) is 101 Å². The molecule has 3 unspecified atom stereocenters. The lowest BCUT2D eigenvalue weighted by Crippen LogP contribution is -2.71. The molecule has 0 aromatic carbocycles. The Labute approximate surface area is 614 Å². The monoisotopic (exact) mass is 1470 g/mol. The fraction of sp³-hybridized carbons (Fsp3) is 0.816. The number of fused-ring (bicyclic) bond motifs is 3. The van der Waals surface area contributed by atoms with Crippen LogP contribution in [0.25, 0.3) is 0 Å². The molecule has 0 radical (unpaired) electrons. The number of hydrogen-bond donors (Lipinski definition) is 3. The van der Waals surface area contributed by atoms with Gasteiger partial charge >= 0.3 is 6.18 Å². The van der Waals surface area contributed by atoms with E-state index in [1.165, 1.54) is 108 Å². The summed E-state index contributed by atoms with van der Waals surface area (Å²) in [5.41, 5.74) is -2.10. The molecule has 28 heteroatoms. The summed E-state index contributed by atoms with van der Waals surface area (Å²) in [6.45, 7) is 12.3. The van der Waals surface area contributed by atoms with Gasteiger partial charge in [0.15, 0.2) is 0 Å². The highest BCUT2D eigenvalue weighted by Gasteiger charge is 2.59. The maximum atomic E-state index is 15.7. The summed E-state index contributed by atoms with van der Waals surface area (Å²) in [5, 5.41) is 8.91. The van der Waals surface area contributed by atoms with E-state index in [2.05, 4.69) is 22.9 Å². The van der Waals surface area contributed by atoms with Gasteiger partial charge in [0.25, 0.3) is 0 Å². The fourth-order valence-electron chi connectivity index (χ4n) is 17.8. The molecule has 7 aliphatic rings. The van der Waals surface area contributed by atoms with E-state index in [0.717, 1.165) is 38.5 Å². The van der Waals surface area contributed by atoms with Crippen molar-refractivity contribution >= 4 is 70.9 Å². The number of nitrogens with zero attached hydrogens (tertiary/aromatic N) is 9. The smallest absolute Gasteiger partial charge is 0.381 e. The molecule has 1 spiro atoms. The SMILES string of the molecule is CCC[C@H]1C(=O)N[C@@H]([C@@H](C)CC)C(=O)N(C)CC(=O)N(C)[C@H]2C/C=C\CCN(C2=O)[C@@H](CC2CCC(C)CC2)C(=O)N(C)CC(=O)N[C@@H](CCC2CCC(C(F)(F)F)C(OC)C2)C(=O)N2C[C@@H](C)C[C@H]2C(=O)NC2(CC(C)(C)C2)C(=O)N(C)[C@@H](C2CCCC2)C(=O)N(C)[C@H](C(=O)N(C)C)CC(=O)N1C. The Morgan fingerprint density at radius 2 is 1.30 bits per heavy atom. The molecule has 6 fully saturated rings. The molecule has 0 aromatic rings. The average molecular weight is 1470 g/mol. The molecule has 3 aliphatic heterocycles. The lowest BCUT2D eigenvalue weighted by molar-refractivity contribution is -0.215. The van der Waals surface area contributed by atoms with E-state index in [9.17, 15) is 41.9 Å². The van der Waals surface area contributed by atoms with Gasteiger partial charge in [-0.15, -0.1) is 0 Å². The van der Waals surface area contributed by atoms with Crippen LogP contribution in [0.3, 0.4) is 0 Å². The Morgan fingerprint density at radius 3 is 1.89 bits per heavy atom. The van der Waals surface area contributed by atoms with Crippen molar-refractivity contribution in [2.75, 3.05) is 89.7 Å². The summed E-state index contributed by atoms with van der Waals surface area (Å²) in [7, 11) is 12.9. The number of nitrogens with one attached hydrogen (secondary N) is 3. The molecule has 12 amide bonds. The lowest BCUT2D eigenvalue weighted by Gasteiger charge is -2.54. The van der Waals surface area contributed by atoms with Crippen molar-refractivity contribution in [3.05, 3.63) is 12.2 Å². The molecule has 3 heterocycles. The highest BCUT2D eigenvalue weighted by molar-refractivity contribution is 6.01. The van der Waals surface area contributed by atoms with Crippen LogP contribution in [-0.4, -0.2) is 271 Å². The number of carbonyl (C=O) groups is 12. The molecule has 2 saturated heterocycles. The number of methoxy groups -OCH3 is 1. The Kier molecular flexibility index (Phi) is 29.3. The van der Waals surface area contributed by atoms with Crippen molar-refractivity contribution in [2.24, 2.45) is 46.8 Å². The topological polar surface area (TPSA) is 279 Å². The highest BCUT2D eigenvalue weighted by atomic mass is 19.4. The van der Waals surface area contributed by atoms with Crippen LogP contribution in [0.2, 0.25) is 0 Å². The van der Waals surface area contributed by atoms with E-state index in [1.54, 1.807) is 13.0 Å². The molecular formula is C76H123F3N12O13. The lowest BCUT2D eigenvalue weighted by atomic mass is 9.58. The van der Waals surface area contributed by atoms with E-state index in [0.29, 0.717) is 38.0 Å². The predicted molar refractivity (Wildman–Crippen MR) is 385 cm³/mol. The van der Waals surface area contributed by atoms with Crippen molar-refractivity contribution < 1.29 is 75.4 Å². The zero-order valence-electron chi connectivity index (χ0n) is 65.0. The van der Waals surface area contributed by atoms with Gasteiger partial charge in [-0.2, -0.15) is 13.2 Å². The normalized spacial score (nSPS) is 32.3. The zero-order chi connectivity index (χ0) is 77.2. The molecule has 13 atom stereocenters. The molecule has 4 aliphatic carbocycles. The number of carbonyl (C=O) groups excluding carboxylic acids is 12. The van der Waals surface area contributed by atoms with Gasteiger partial charge in [-0.05, 0) is 131 Å². The summed E-state index contributed by atoms with van der Waals surface area (Å²) in [4.78, 5) is 193. The van der Waals surface area contributed by atoms with Gasteiger partial charge in [0, 0.05) is 76.6 Å². The number of halogens is 3. The Bertz CT molecular complexity index is 3110. The summed E-state index contributed by atoms with van der Waals surface area (Å²) < 4.78 is 48.3. The molecule has 2 bridgehead atoms. The number of ether oxygens (including phenoxy) is 1. The van der Waals surface area contributed by atoms with E-state index in [1.807, 2.05) is 40.7 Å². The minimum absolute atomic E-state index is 0.00585. The molecule has 3 N–H and O–H groups in total. The quantitative estimate of drug-likeness (QED) is 0.185. The maximum Gasteiger partial charge on any atom is 0.394 e. The molecule has 7 rings (SSSR count). The average Bonchev–Trinajstić information content (AvgIpc) is 0.796. The predicted octanol–water partition coefficient (Wildman–Crippen LogP) is 6.16. The first-order valence-electron chi connectivity index (χ1n) is 38.3. The Balaban J connectivity index is 1.31. The fourth-order valence-corrected chi connectivity index (χ4v) is 17.8. The van der Waals surface area contributed by atoms with E-state index >= 15 is 28.8 Å². The van der Waals surface area contributed by atoms with Gasteiger partial charge in [-0.1, -0.05) is 112 Å². The standard InChI is InChI=1S/C76H123F3N12O13/c1-17-24-54-65(95)81-63(48(5)18-2)71(101)85(11)43-62(94)87(13)55-27-20-19-23-36-90(70(55)100)58(38-49-30-28-46(3)29-31-49)69(99)84(10)42-60(92)80-53(35-33-50-32-34-52(76(77,78)79)59(39-50)104-16)67(97)91-41-47(4)37-56(91)66(96)82-75(44-74(6,7)45-75)73(103)89(15)64(51-25-21-22-26-51)72(102)88(14)57(68(98)83(8)9)40-61(93)86(54)12/h19-20,46-59,63-64H,17-18,21-45H2,1-16H3,(H,80,92)(H,81,95)(H,82,96)/b20-19-/t46?,47-,48-,49?,50?,52?,53-,54-,55-,56-,57-,58-,59?,63-,64-/m0/s1. The van der Waals surface area contributed by atoms with E-state index in [4.69, 9.17) is 4.74 Å². The van der Waals surface area contributed by atoms with Crippen LogP contribution in [0.1, 0.15) is 196 Å². The first kappa shape index (κ1) is 84.4. The first-order chi connectivity index (χ1) is 48.8. The summed E-state index contributed by atoms with van der Waals surface area (Å²) in [6.07, 6.45) is 5.42. The van der Waals surface area contributed by atoms with Gasteiger partial charge in [-0.3, -0.25) is 57.5 Å². The van der Waals surface area contributed by atoms with Gasteiger partial charge in [0.2, 0.25) is 70.9 Å². The van der Waals surface area contributed by atoms with Crippen molar-refractivity contribution in [1.29, 1.82) is 0 Å². The number of likely N-dealkylation sites (N-methyl/N-ethyl adjacent to an activating group) is 7. The van der Waals surface area contributed by atoms with Gasteiger partial charge < -0.3 is 64.8 Å². The minimum atomic E-state index is -4.51. The summed E-state index contributed by atoms with van der Waals surface area (Å²) in [6, 6.07) is -9.84. The third-order valence-electron chi connectivity index (χ3n) is 24.1. The van der Waals surface area contributed by atoms with Gasteiger partial charge in [-0.25, -0.2) is 0 Å². The molecule has 586 valence electrons. The zero-order valence-corrected chi connectivity index (χ0v) is 65.0. The molecular weight excluding hydrogens is 1350 g/mol. The van der Waals surface area contributed by atoms with Crippen LogP contribution in [0, 0.1) is 46.8 Å². The van der Waals surface area contributed by atoms with Crippen molar-refractivity contribution in [3.8, 4) is 0 Å². The van der Waals surface area contributed by atoms with Crippen molar-refractivity contribution in [2.45, 2.75) is 262 Å². The first-order valence-corrected chi connectivity index (χ1v) is 38.3. The largest absolute Gasteiger partial charge is 0.394 e. The number of rotatable bonds is 12. The highest BCUT2D eigenvalue weighted by Crippen LogP contribution is 2.50. The summed E-state index contributed by atoms with van der Waals surface area (Å²) >= 11 is 0. The third kappa shape index (κ3) is 20.2. The van der Waals surface area contributed by atoms with Crippen molar-refractivity contribution in [1.82, 2.24) is 60.0 Å². The van der Waals surface area contributed by atoms with Gasteiger partial charge in [0.1, 0.15) is 53.9 Å². The molecule has 4 saturated carbocycles. The molecule has 104 heavy (non-hydrogen) atoms. The number of amides is 12. The molecule has 25 nitrogen and oxygen atoms in total.